The number of aromatic nitrogens is 2. The molecular weight excluding hydrogens is 299 g/mol. The quantitative estimate of drug-likeness (QED) is 0.853. The van der Waals surface area contributed by atoms with E-state index >= 15 is 0 Å². The maximum atomic E-state index is 13.4. The third-order valence-electron chi connectivity index (χ3n) is 2.58. The van der Waals surface area contributed by atoms with Crippen LogP contribution in [0.25, 0.3) is 0 Å². The van der Waals surface area contributed by atoms with E-state index in [2.05, 4.69) is 26.3 Å². The Hall–Kier alpha value is -1.56. The number of hydrogen-bond donors (Lipinski definition) is 2. The number of nitrogens with two attached hydrogens (primary N) is 1. The van der Waals surface area contributed by atoms with Gasteiger partial charge in [-0.3, -0.25) is 4.68 Å². The standard InChI is InChI=1S/C12H14BrFN4/c1-18-7-8(6-17-18)2-3-16-12-5-10(14)9(13)4-11(12)15/h4-7,16H,2-3,15H2,1H3. The average Bonchev–Trinajstić information content (AvgIpc) is 2.71. The van der Waals surface area contributed by atoms with Gasteiger partial charge in [-0.15, -0.1) is 0 Å². The molecule has 0 unspecified atom stereocenters. The normalized spacial score (nSPS) is 10.6. The van der Waals surface area contributed by atoms with Crippen LogP contribution in [0, 0.1) is 5.82 Å². The van der Waals surface area contributed by atoms with Gasteiger partial charge in [-0.25, -0.2) is 4.39 Å². The van der Waals surface area contributed by atoms with Gasteiger partial charge < -0.3 is 11.1 Å². The molecule has 0 aliphatic rings. The highest BCUT2D eigenvalue weighted by Gasteiger charge is 2.05. The van der Waals surface area contributed by atoms with Crippen LogP contribution in [0.1, 0.15) is 5.56 Å². The van der Waals surface area contributed by atoms with E-state index < -0.39 is 0 Å². The van der Waals surface area contributed by atoms with Gasteiger partial charge in [0.1, 0.15) is 5.82 Å². The first kappa shape index (κ1) is 12.9. The topological polar surface area (TPSA) is 55.9 Å². The number of nitrogen functional groups attached to an aromatic ring is 1. The molecule has 0 amide bonds. The summed E-state index contributed by atoms with van der Waals surface area (Å²) in [6.45, 7) is 0.678. The van der Waals surface area contributed by atoms with E-state index in [0.29, 0.717) is 22.4 Å². The first-order valence-electron chi connectivity index (χ1n) is 5.52. The van der Waals surface area contributed by atoms with E-state index in [4.69, 9.17) is 5.73 Å². The largest absolute Gasteiger partial charge is 0.397 e. The van der Waals surface area contributed by atoms with Crippen molar-refractivity contribution in [3.63, 3.8) is 0 Å². The second kappa shape index (κ2) is 5.39. The third kappa shape index (κ3) is 3.01. The molecule has 96 valence electrons. The number of rotatable bonds is 4. The lowest BCUT2D eigenvalue weighted by Crippen LogP contribution is -2.07. The number of nitrogens with zero attached hydrogens (tertiary/aromatic N) is 2. The molecule has 4 nitrogen and oxygen atoms in total. The summed E-state index contributed by atoms with van der Waals surface area (Å²) in [7, 11) is 1.87. The summed E-state index contributed by atoms with van der Waals surface area (Å²) in [5.41, 5.74) is 8.06. The van der Waals surface area contributed by atoms with Crippen molar-refractivity contribution in [3.8, 4) is 0 Å². The minimum atomic E-state index is -0.326. The van der Waals surface area contributed by atoms with Crippen LogP contribution in [-0.2, 0) is 13.5 Å². The monoisotopic (exact) mass is 312 g/mol. The van der Waals surface area contributed by atoms with Gasteiger partial charge in [0.25, 0.3) is 0 Å². The molecule has 0 aliphatic heterocycles. The van der Waals surface area contributed by atoms with Crippen LogP contribution in [-0.4, -0.2) is 16.3 Å². The highest BCUT2D eigenvalue weighted by atomic mass is 79.9. The van der Waals surface area contributed by atoms with Crippen LogP contribution in [0.3, 0.4) is 0 Å². The summed E-state index contributed by atoms with van der Waals surface area (Å²) in [5, 5.41) is 7.20. The lowest BCUT2D eigenvalue weighted by atomic mass is 10.2. The lowest BCUT2D eigenvalue weighted by Gasteiger charge is -2.09. The fraction of sp³-hybridized carbons (Fsp3) is 0.250. The molecule has 0 saturated heterocycles. The predicted molar refractivity (Wildman–Crippen MR) is 73.9 cm³/mol. The SMILES string of the molecule is Cn1cc(CCNc2cc(F)c(Br)cc2N)cn1. The Morgan fingerprint density at radius 2 is 2.28 bits per heavy atom. The maximum absolute atomic E-state index is 13.4. The second-order valence-corrected chi connectivity index (χ2v) is 4.91. The van der Waals surface area contributed by atoms with Crippen molar-refractivity contribution in [1.29, 1.82) is 0 Å². The molecule has 0 bridgehead atoms. The Bertz CT molecular complexity index is 553. The predicted octanol–water partition coefficient (Wildman–Crippen LogP) is 2.56. The zero-order chi connectivity index (χ0) is 13.1. The van der Waals surface area contributed by atoms with Crippen molar-refractivity contribution < 1.29 is 4.39 Å². The summed E-state index contributed by atoms with van der Waals surface area (Å²) in [4.78, 5) is 0. The Kier molecular flexibility index (Phi) is 3.86. The number of hydrogen-bond acceptors (Lipinski definition) is 3. The van der Waals surface area contributed by atoms with Crippen LogP contribution in [0.2, 0.25) is 0 Å². The molecule has 3 N–H and O–H groups in total. The van der Waals surface area contributed by atoms with Crippen molar-refractivity contribution in [2.75, 3.05) is 17.6 Å². The summed E-state index contributed by atoms with van der Waals surface area (Å²) in [6.07, 6.45) is 4.57. The third-order valence-corrected chi connectivity index (χ3v) is 3.19. The zero-order valence-corrected chi connectivity index (χ0v) is 11.5. The van der Waals surface area contributed by atoms with Crippen molar-refractivity contribution >= 4 is 27.3 Å². The molecule has 1 heterocycles. The van der Waals surface area contributed by atoms with Crippen LogP contribution in [0.5, 0.6) is 0 Å². The number of nitrogens with one attached hydrogen (secondary N) is 1. The molecule has 2 rings (SSSR count). The van der Waals surface area contributed by atoms with Gasteiger partial charge in [0, 0.05) is 25.9 Å². The molecule has 1 aromatic carbocycles. The van der Waals surface area contributed by atoms with E-state index in [-0.39, 0.29) is 5.82 Å². The molecule has 0 radical (unpaired) electrons. The van der Waals surface area contributed by atoms with Crippen molar-refractivity contribution in [2.24, 2.45) is 7.05 Å². The van der Waals surface area contributed by atoms with Gasteiger partial charge in [0.2, 0.25) is 0 Å². The lowest BCUT2D eigenvalue weighted by molar-refractivity contribution is 0.622. The minimum Gasteiger partial charge on any atom is -0.397 e. The molecule has 0 atom stereocenters. The molecule has 0 fully saturated rings. The second-order valence-electron chi connectivity index (χ2n) is 4.05. The minimum absolute atomic E-state index is 0.326. The number of benzene rings is 1. The van der Waals surface area contributed by atoms with E-state index in [1.807, 2.05) is 19.4 Å². The van der Waals surface area contributed by atoms with Crippen LogP contribution in [0.4, 0.5) is 15.8 Å². The van der Waals surface area contributed by atoms with E-state index in [0.717, 1.165) is 12.0 Å². The highest BCUT2D eigenvalue weighted by molar-refractivity contribution is 9.10. The Balaban J connectivity index is 1.96. The molecule has 18 heavy (non-hydrogen) atoms. The summed E-state index contributed by atoms with van der Waals surface area (Å²) >= 11 is 3.09. The average molecular weight is 313 g/mol. The fourth-order valence-corrected chi connectivity index (χ4v) is 2.02. The number of aryl methyl sites for hydroxylation is 1. The van der Waals surface area contributed by atoms with Gasteiger partial charge in [-0.05, 0) is 34.0 Å². The van der Waals surface area contributed by atoms with Gasteiger partial charge in [0.15, 0.2) is 0 Å². The fourth-order valence-electron chi connectivity index (χ4n) is 1.66. The van der Waals surface area contributed by atoms with E-state index in [1.54, 1.807) is 10.7 Å². The van der Waals surface area contributed by atoms with Gasteiger partial charge >= 0.3 is 0 Å². The zero-order valence-electron chi connectivity index (χ0n) is 9.95. The highest BCUT2D eigenvalue weighted by Crippen LogP contribution is 2.26. The van der Waals surface area contributed by atoms with Gasteiger partial charge in [0.05, 0.1) is 22.0 Å². The number of anilines is 2. The van der Waals surface area contributed by atoms with Crippen LogP contribution < -0.4 is 11.1 Å². The first-order valence-corrected chi connectivity index (χ1v) is 6.31. The molecular formula is C12H14BrFN4. The van der Waals surface area contributed by atoms with Crippen molar-refractivity contribution in [1.82, 2.24) is 9.78 Å². The Labute approximate surface area is 113 Å². The molecule has 0 spiro atoms. The molecule has 0 aliphatic carbocycles. The molecule has 1 aromatic heterocycles. The van der Waals surface area contributed by atoms with Crippen molar-refractivity contribution in [2.45, 2.75) is 6.42 Å². The molecule has 2 aromatic rings. The van der Waals surface area contributed by atoms with Crippen LogP contribution in [0.15, 0.2) is 29.0 Å². The number of halogens is 2. The van der Waals surface area contributed by atoms with Crippen LogP contribution >= 0.6 is 15.9 Å². The smallest absolute Gasteiger partial charge is 0.139 e. The summed E-state index contributed by atoms with van der Waals surface area (Å²) in [5.74, 6) is -0.326. The molecule has 0 saturated carbocycles. The summed E-state index contributed by atoms with van der Waals surface area (Å²) < 4.78 is 15.5. The molecule has 6 heteroatoms. The Morgan fingerprint density at radius 1 is 1.50 bits per heavy atom. The van der Waals surface area contributed by atoms with E-state index in [1.165, 1.54) is 6.07 Å². The van der Waals surface area contributed by atoms with Gasteiger partial charge in [-0.2, -0.15) is 5.10 Å². The van der Waals surface area contributed by atoms with Crippen molar-refractivity contribution in [3.05, 3.63) is 40.4 Å². The van der Waals surface area contributed by atoms with Gasteiger partial charge in [-0.1, -0.05) is 0 Å². The Morgan fingerprint density at radius 3 is 2.94 bits per heavy atom. The summed E-state index contributed by atoms with van der Waals surface area (Å²) in [6, 6.07) is 2.95. The van der Waals surface area contributed by atoms with E-state index in [9.17, 15) is 4.39 Å². The maximum Gasteiger partial charge on any atom is 0.139 e. The first-order chi connectivity index (χ1) is 8.56.